The summed E-state index contributed by atoms with van der Waals surface area (Å²) in [6, 6.07) is 8.39. The van der Waals surface area contributed by atoms with Crippen LogP contribution in [0.3, 0.4) is 0 Å². The van der Waals surface area contributed by atoms with Crippen LogP contribution in [0.1, 0.15) is 24.8 Å². The molecule has 0 heterocycles. The zero-order chi connectivity index (χ0) is 11.8. The van der Waals surface area contributed by atoms with E-state index in [1.54, 1.807) is 7.11 Å². The maximum atomic E-state index is 5.42. The molecule has 2 aliphatic carbocycles. The molecule has 1 aromatic carbocycles. The summed E-state index contributed by atoms with van der Waals surface area (Å²) in [5, 5.41) is 0. The van der Waals surface area contributed by atoms with E-state index in [4.69, 9.17) is 4.74 Å². The highest BCUT2D eigenvalue weighted by Gasteiger charge is 2.55. The van der Waals surface area contributed by atoms with Crippen LogP contribution in [0.25, 0.3) is 0 Å². The highest BCUT2D eigenvalue weighted by atomic mass is 79.9. The van der Waals surface area contributed by atoms with E-state index < -0.39 is 0 Å². The minimum absolute atomic E-state index is 0.633. The van der Waals surface area contributed by atoms with Gasteiger partial charge in [0.15, 0.2) is 0 Å². The summed E-state index contributed by atoms with van der Waals surface area (Å²) in [4.78, 5) is 0.633. The molecular weight excluding hydrogens is 276 g/mol. The summed E-state index contributed by atoms with van der Waals surface area (Å²) in [6.45, 7) is 0. The molecule has 0 bridgehead atoms. The van der Waals surface area contributed by atoms with E-state index in [1.165, 1.54) is 24.8 Å². The van der Waals surface area contributed by atoms with Gasteiger partial charge in [-0.25, -0.2) is 0 Å². The second-order valence-corrected chi connectivity index (χ2v) is 6.54. The van der Waals surface area contributed by atoms with Gasteiger partial charge in [-0.15, -0.1) is 0 Å². The summed E-state index contributed by atoms with van der Waals surface area (Å²) in [6.07, 6.45) is 5.48. The lowest BCUT2D eigenvalue weighted by Gasteiger charge is -2.14. The molecule has 17 heavy (non-hydrogen) atoms. The summed E-state index contributed by atoms with van der Waals surface area (Å²) in [7, 11) is 1.76. The van der Waals surface area contributed by atoms with Crippen LogP contribution in [0, 0.1) is 17.8 Å². The number of rotatable bonds is 4. The Labute approximate surface area is 112 Å². The lowest BCUT2D eigenvalue weighted by atomic mass is 10.0. The Bertz CT molecular complexity index is 394. The van der Waals surface area contributed by atoms with Gasteiger partial charge in [0.05, 0.1) is 7.11 Å². The normalized spacial score (nSPS) is 32.0. The van der Waals surface area contributed by atoms with Crippen molar-refractivity contribution in [1.29, 1.82) is 0 Å². The quantitative estimate of drug-likeness (QED) is 0.762. The van der Waals surface area contributed by atoms with Crippen LogP contribution in [0.15, 0.2) is 24.3 Å². The molecule has 92 valence electrons. The molecule has 1 nitrogen and oxygen atoms in total. The van der Waals surface area contributed by atoms with E-state index in [0.717, 1.165) is 29.9 Å². The Balaban J connectivity index is 1.66. The predicted octanol–water partition coefficient (Wildman–Crippen LogP) is 4.05. The van der Waals surface area contributed by atoms with E-state index >= 15 is 0 Å². The van der Waals surface area contributed by atoms with E-state index in [-0.39, 0.29) is 0 Å². The molecule has 2 saturated carbocycles. The molecule has 3 atom stereocenters. The van der Waals surface area contributed by atoms with Gasteiger partial charge in [-0.1, -0.05) is 40.5 Å². The highest BCUT2D eigenvalue weighted by molar-refractivity contribution is 9.09. The van der Waals surface area contributed by atoms with Crippen molar-refractivity contribution in [3.05, 3.63) is 29.8 Å². The first-order chi connectivity index (χ1) is 8.31. The Morgan fingerprint density at radius 2 is 2.00 bits per heavy atom. The Hall–Kier alpha value is -0.500. The first kappa shape index (κ1) is 11.6. The summed E-state index contributed by atoms with van der Waals surface area (Å²) in [5.41, 5.74) is 1.34. The van der Waals surface area contributed by atoms with Crippen LogP contribution in [-0.2, 0) is 6.42 Å². The molecule has 0 aliphatic heterocycles. The van der Waals surface area contributed by atoms with Crippen LogP contribution in [0.5, 0.6) is 5.75 Å². The third kappa shape index (κ3) is 2.12. The minimum atomic E-state index is 0.633. The van der Waals surface area contributed by atoms with Gasteiger partial charge in [-0.2, -0.15) is 0 Å². The second kappa shape index (κ2) is 4.64. The molecular formula is C15H19BrO. The van der Waals surface area contributed by atoms with E-state index in [9.17, 15) is 0 Å². The van der Waals surface area contributed by atoms with Crippen molar-refractivity contribution in [2.24, 2.45) is 17.8 Å². The van der Waals surface area contributed by atoms with Gasteiger partial charge in [0.1, 0.15) is 5.75 Å². The number of ether oxygens (including phenoxy) is 1. The molecule has 0 radical (unpaired) electrons. The topological polar surface area (TPSA) is 9.23 Å². The van der Waals surface area contributed by atoms with Crippen LogP contribution < -0.4 is 4.74 Å². The van der Waals surface area contributed by atoms with Crippen molar-refractivity contribution >= 4 is 15.9 Å². The Kier molecular flexibility index (Phi) is 3.16. The fraction of sp³-hybridized carbons (Fsp3) is 0.600. The van der Waals surface area contributed by atoms with Crippen molar-refractivity contribution < 1.29 is 4.74 Å². The smallest absolute Gasteiger partial charge is 0.122 e. The molecule has 3 unspecified atom stereocenters. The fourth-order valence-corrected chi connectivity index (χ4v) is 4.76. The van der Waals surface area contributed by atoms with E-state index in [1.807, 2.05) is 6.07 Å². The van der Waals surface area contributed by atoms with E-state index in [0.29, 0.717) is 4.83 Å². The Morgan fingerprint density at radius 1 is 1.29 bits per heavy atom. The molecule has 2 fully saturated rings. The van der Waals surface area contributed by atoms with Crippen molar-refractivity contribution in [2.75, 3.05) is 7.11 Å². The van der Waals surface area contributed by atoms with Gasteiger partial charge >= 0.3 is 0 Å². The first-order valence-electron chi connectivity index (χ1n) is 6.57. The molecule has 0 aromatic heterocycles. The maximum Gasteiger partial charge on any atom is 0.122 e. The standard InChI is InChI=1S/C15H19BrO/c1-17-14-8-3-2-5-10(14)9-13(16)15-11-6-4-7-12(11)15/h2-3,5,8,11-13,15H,4,6-7,9H2,1H3. The van der Waals surface area contributed by atoms with Crippen LogP contribution in [-0.4, -0.2) is 11.9 Å². The van der Waals surface area contributed by atoms with Gasteiger partial charge in [0, 0.05) is 4.83 Å². The molecule has 0 amide bonds. The zero-order valence-corrected chi connectivity index (χ0v) is 11.8. The van der Waals surface area contributed by atoms with Crippen molar-refractivity contribution in [3.8, 4) is 5.75 Å². The SMILES string of the molecule is COc1ccccc1CC(Br)C1C2CCCC21. The summed E-state index contributed by atoms with van der Waals surface area (Å²) in [5.74, 6) is 4.00. The van der Waals surface area contributed by atoms with Gasteiger partial charge in [0.2, 0.25) is 0 Å². The lowest BCUT2D eigenvalue weighted by molar-refractivity contribution is 0.408. The zero-order valence-electron chi connectivity index (χ0n) is 10.2. The fourth-order valence-electron chi connectivity index (χ4n) is 3.63. The number of methoxy groups -OCH3 is 1. The van der Waals surface area contributed by atoms with Gasteiger partial charge in [0.25, 0.3) is 0 Å². The Morgan fingerprint density at radius 3 is 2.71 bits per heavy atom. The lowest BCUT2D eigenvalue weighted by Crippen LogP contribution is -2.10. The summed E-state index contributed by atoms with van der Waals surface area (Å²) < 4.78 is 5.42. The largest absolute Gasteiger partial charge is 0.496 e. The number of alkyl halides is 1. The molecule has 3 rings (SSSR count). The molecule has 0 N–H and O–H groups in total. The molecule has 0 saturated heterocycles. The predicted molar refractivity (Wildman–Crippen MR) is 73.7 cm³/mol. The number of fused-ring (bicyclic) bond motifs is 1. The number of para-hydroxylation sites is 1. The third-order valence-corrected chi connectivity index (χ3v) is 5.43. The maximum absolute atomic E-state index is 5.42. The number of hydrogen-bond donors (Lipinski definition) is 0. The third-order valence-electron chi connectivity index (χ3n) is 4.50. The molecule has 1 aromatic rings. The van der Waals surface area contributed by atoms with Crippen molar-refractivity contribution in [3.63, 3.8) is 0 Å². The summed E-state index contributed by atoms with van der Waals surface area (Å²) >= 11 is 3.90. The number of halogens is 1. The molecule has 2 heteroatoms. The van der Waals surface area contributed by atoms with Crippen molar-refractivity contribution in [1.82, 2.24) is 0 Å². The van der Waals surface area contributed by atoms with Crippen LogP contribution >= 0.6 is 15.9 Å². The number of hydrogen-bond acceptors (Lipinski definition) is 1. The van der Waals surface area contributed by atoms with Crippen LogP contribution in [0.4, 0.5) is 0 Å². The first-order valence-corrected chi connectivity index (χ1v) is 7.49. The molecule has 0 spiro atoms. The van der Waals surface area contributed by atoms with Gasteiger partial charge < -0.3 is 4.74 Å². The highest BCUT2D eigenvalue weighted by Crippen LogP contribution is 2.60. The second-order valence-electron chi connectivity index (χ2n) is 5.37. The minimum Gasteiger partial charge on any atom is -0.496 e. The average Bonchev–Trinajstić information content (AvgIpc) is 2.84. The van der Waals surface area contributed by atoms with Crippen molar-refractivity contribution in [2.45, 2.75) is 30.5 Å². The van der Waals surface area contributed by atoms with Gasteiger partial charge in [-0.3, -0.25) is 0 Å². The van der Waals surface area contributed by atoms with Gasteiger partial charge in [-0.05, 0) is 48.6 Å². The van der Waals surface area contributed by atoms with Crippen LogP contribution in [0.2, 0.25) is 0 Å². The number of benzene rings is 1. The molecule has 2 aliphatic rings. The average molecular weight is 295 g/mol. The van der Waals surface area contributed by atoms with E-state index in [2.05, 4.69) is 34.1 Å². The monoisotopic (exact) mass is 294 g/mol.